The molecule has 84 valence electrons. The van der Waals surface area contributed by atoms with Crippen molar-refractivity contribution in [3.05, 3.63) is 28.5 Å². The Morgan fingerprint density at radius 3 is 2.60 bits per heavy atom. The summed E-state index contributed by atoms with van der Waals surface area (Å²) in [6.45, 7) is 4.43. The van der Waals surface area contributed by atoms with Crippen LogP contribution in [-0.2, 0) is 0 Å². The summed E-state index contributed by atoms with van der Waals surface area (Å²) < 4.78 is 14.4. The number of halogens is 2. The number of likely N-dealkylation sites (N-methyl/N-ethyl adjacent to an activating group) is 1. The number of benzene rings is 1. The molecule has 0 amide bonds. The second-order valence-electron chi connectivity index (χ2n) is 4.44. The summed E-state index contributed by atoms with van der Waals surface area (Å²) in [6, 6.07) is 4.88. The average Bonchev–Trinajstić information content (AvgIpc) is 2.06. The molecule has 0 radical (unpaired) electrons. The van der Waals surface area contributed by atoms with Crippen molar-refractivity contribution in [3.8, 4) is 0 Å². The van der Waals surface area contributed by atoms with Crippen LogP contribution in [0.15, 0.2) is 22.7 Å². The molecular weight excluding hydrogens is 259 g/mol. The third-order valence-corrected chi connectivity index (χ3v) is 2.46. The molecule has 0 bridgehead atoms. The molecule has 2 nitrogen and oxygen atoms in total. The first kappa shape index (κ1) is 12.5. The van der Waals surface area contributed by atoms with E-state index >= 15 is 0 Å². The fraction of sp³-hybridized carbons (Fsp3) is 0.455. The van der Waals surface area contributed by atoms with Crippen LogP contribution in [-0.4, -0.2) is 19.1 Å². The van der Waals surface area contributed by atoms with E-state index in [9.17, 15) is 4.39 Å². The van der Waals surface area contributed by atoms with Crippen molar-refractivity contribution in [3.63, 3.8) is 0 Å². The summed E-state index contributed by atoms with van der Waals surface area (Å²) in [7, 11) is 1.83. The monoisotopic (exact) mass is 274 g/mol. The zero-order valence-electron chi connectivity index (χ0n) is 9.22. The van der Waals surface area contributed by atoms with Crippen molar-refractivity contribution in [2.24, 2.45) is 5.73 Å². The number of hydrogen-bond donors (Lipinski definition) is 1. The Kier molecular flexibility index (Phi) is 3.73. The van der Waals surface area contributed by atoms with Crippen LogP contribution < -0.4 is 10.6 Å². The van der Waals surface area contributed by atoms with Crippen molar-refractivity contribution >= 4 is 21.6 Å². The fourth-order valence-electron chi connectivity index (χ4n) is 1.47. The summed E-state index contributed by atoms with van der Waals surface area (Å²) in [5.74, 6) is -0.232. The van der Waals surface area contributed by atoms with Crippen LogP contribution >= 0.6 is 15.9 Å². The second-order valence-corrected chi connectivity index (χ2v) is 5.36. The third kappa shape index (κ3) is 3.80. The van der Waals surface area contributed by atoms with Gasteiger partial charge in [0.05, 0.1) is 5.69 Å². The number of rotatable bonds is 3. The molecule has 0 heterocycles. The van der Waals surface area contributed by atoms with Gasteiger partial charge in [-0.1, -0.05) is 15.9 Å². The molecule has 0 fully saturated rings. The van der Waals surface area contributed by atoms with Crippen molar-refractivity contribution in [2.45, 2.75) is 19.4 Å². The van der Waals surface area contributed by atoms with E-state index in [1.807, 2.05) is 25.8 Å². The minimum absolute atomic E-state index is 0.232. The van der Waals surface area contributed by atoms with E-state index < -0.39 is 0 Å². The molecule has 0 unspecified atom stereocenters. The Balaban J connectivity index is 2.90. The van der Waals surface area contributed by atoms with E-state index in [0.717, 1.165) is 4.47 Å². The van der Waals surface area contributed by atoms with Crippen LogP contribution in [0.25, 0.3) is 0 Å². The molecule has 0 aliphatic heterocycles. The highest BCUT2D eigenvalue weighted by Crippen LogP contribution is 2.23. The zero-order valence-corrected chi connectivity index (χ0v) is 10.8. The van der Waals surface area contributed by atoms with Gasteiger partial charge in [0.2, 0.25) is 0 Å². The molecule has 2 N–H and O–H groups in total. The van der Waals surface area contributed by atoms with Crippen molar-refractivity contribution in [1.82, 2.24) is 0 Å². The van der Waals surface area contributed by atoms with E-state index in [0.29, 0.717) is 12.2 Å². The second kappa shape index (κ2) is 4.49. The van der Waals surface area contributed by atoms with E-state index in [1.165, 1.54) is 6.07 Å². The van der Waals surface area contributed by atoms with Crippen molar-refractivity contribution < 1.29 is 4.39 Å². The highest BCUT2D eigenvalue weighted by Gasteiger charge is 2.16. The molecule has 1 rings (SSSR count). The lowest BCUT2D eigenvalue weighted by Crippen LogP contribution is -2.44. The molecule has 0 saturated carbocycles. The number of nitrogens with zero attached hydrogens (tertiary/aromatic N) is 1. The minimum Gasteiger partial charge on any atom is -0.370 e. The Hall–Kier alpha value is -0.610. The van der Waals surface area contributed by atoms with Crippen LogP contribution in [0, 0.1) is 5.82 Å². The van der Waals surface area contributed by atoms with Crippen molar-refractivity contribution in [1.29, 1.82) is 0 Å². The average molecular weight is 275 g/mol. The quantitative estimate of drug-likeness (QED) is 0.919. The number of nitrogens with two attached hydrogens (primary N) is 1. The molecule has 15 heavy (non-hydrogen) atoms. The van der Waals surface area contributed by atoms with E-state index in [-0.39, 0.29) is 11.4 Å². The Bertz CT molecular complexity index is 347. The normalized spacial score (nSPS) is 11.6. The molecule has 4 heteroatoms. The lowest BCUT2D eigenvalue weighted by Gasteiger charge is -2.28. The lowest BCUT2D eigenvalue weighted by molar-refractivity contribution is 0.513. The molecular formula is C11H16BrFN2. The Morgan fingerprint density at radius 2 is 2.07 bits per heavy atom. The lowest BCUT2D eigenvalue weighted by atomic mass is 10.1. The van der Waals surface area contributed by atoms with E-state index in [1.54, 1.807) is 12.1 Å². The van der Waals surface area contributed by atoms with Crippen LogP contribution in [0.1, 0.15) is 13.8 Å². The van der Waals surface area contributed by atoms with Gasteiger partial charge in [0.15, 0.2) is 0 Å². The molecule has 0 aliphatic carbocycles. The zero-order chi connectivity index (χ0) is 11.6. The van der Waals surface area contributed by atoms with Gasteiger partial charge in [-0.3, -0.25) is 0 Å². The summed E-state index contributed by atoms with van der Waals surface area (Å²) in [5.41, 5.74) is 6.10. The topological polar surface area (TPSA) is 29.3 Å². The van der Waals surface area contributed by atoms with E-state index in [2.05, 4.69) is 15.9 Å². The first-order valence-electron chi connectivity index (χ1n) is 4.75. The fourth-order valence-corrected chi connectivity index (χ4v) is 1.82. The van der Waals surface area contributed by atoms with Crippen LogP contribution in [0.2, 0.25) is 0 Å². The maximum atomic E-state index is 13.5. The standard InChI is InChI=1S/C11H16BrFN2/c1-11(2,14)7-15(3)10-6-8(12)4-5-9(10)13/h4-6H,7,14H2,1-3H3. The van der Waals surface area contributed by atoms with E-state index in [4.69, 9.17) is 5.73 Å². The number of hydrogen-bond acceptors (Lipinski definition) is 2. The van der Waals surface area contributed by atoms with Gasteiger partial charge in [-0.25, -0.2) is 4.39 Å². The maximum absolute atomic E-state index is 13.5. The smallest absolute Gasteiger partial charge is 0.146 e. The van der Waals surface area contributed by atoms with Gasteiger partial charge < -0.3 is 10.6 Å². The summed E-state index contributed by atoms with van der Waals surface area (Å²) >= 11 is 3.32. The first-order valence-corrected chi connectivity index (χ1v) is 5.54. The third-order valence-electron chi connectivity index (χ3n) is 1.96. The maximum Gasteiger partial charge on any atom is 0.146 e. The molecule has 1 aromatic rings. The summed E-state index contributed by atoms with van der Waals surface area (Å²) in [6.07, 6.45) is 0. The summed E-state index contributed by atoms with van der Waals surface area (Å²) in [4.78, 5) is 1.82. The molecule has 1 aromatic carbocycles. The molecule has 0 aromatic heterocycles. The molecule has 0 saturated heterocycles. The largest absolute Gasteiger partial charge is 0.370 e. The minimum atomic E-state index is -0.344. The van der Waals surface area contributed by atoms with Crippen LogP contribution in [0.5, 0.6) is 0 Å². The van der Waals surface area contributed by atoms with Crippen LogP contribution in [0.3, 0.4) is 0 Å². The SMILES string of the molecule is CN(CC(C)(C)N)c1cc(Br)ccc1F. The van der Waals surface area contributed by atoms with Gasteiger partial charge in [-0.05, 0) is 32.0 Å². The highest BCUT2D eigenvalue weighted by atomic mass is 79.9. The van der Waals surface area contributed by atoms with Gasteiger partial charge >= 0.3 is 0 Å². The first-order chi connectivity index (χ1) is 6.79. The predicted octanol–water partition coefficient (Wildman–Crippen LogP) is 2.76. The van der Waals surface area contributed by atoms with Gasteiger partial charge in [0, 0.05) is 23.6 Å². The van der Waals surface area contributed by atoms with Crippen LogP contribution in [0.4, 0.5) is 10.1 Å². The highest BCUT2D eigenvalue weighted by molar-refractivity contribution is 9.10. The summed E-state index contributed by atoms with van der Waals surface area (Å²) in [5, 5.41) is 0. The van der Waals surface area contributed by atoms with Gasteiger partial charge in [-0.2, -0.15) is 0 Å². The molecule has 0 atom stereocenters. The Morgan fingerprint density at radius 1 is 1.47 bits per heavy atom. The number of anilines is 1. The predicted molar refractivity (Wildman–Crippen MR) is 65.6 cm³/mol. The molecule has 0 aliphatic rings. The van der Waals surface area contributed by atoms with Gasteiger partial charge in [-0.15, -0.1) is 0 Å². The van der Waals surface area contributed by atoms with Gasteiger partial charge in [0.1, 0.15) is 5.82 Å². The molecule has 0 spiro atoms. The van der Waals surface area contributed by atoms with Crippen molar-refractivity contribution in [2.75, 3.05) is 18.5 Å². The Labute approximate surface area is 98.4 Å². The van der Waals surface area contributed by atoms with Gasteiger partial charge in [0.25, 0.3) is 0 Å².